The van der Waals surface area contributed by atoms with Crippen LogP contribution >= 0.6 is 0 Å². The van der Waals surface area contributed by atoms with Gasteiger partial charge in [0.05, 0.1) is 25.9 Å². The van der Waals surface area contributed by atoms with Crippen LogP contribution < -0.4 is 10.1 Å². The SMILES string of the molecule is Cc1ccc(C(=O)NC[C@@H]2CC[C@@]3(COCCN(Cc4ccc5c(c4)CCO5)C3)O2)cc1. The zero-order valence-corrected chi connectivity index (χ0v) is 18.8. The number of carbonyl (C=O) groups excluding carboxylic acids is 1. The highest BCUT2D eigenvalue weighted by Crippen LogP contribution is 2.34. The molecule has 2 fully saturated rings. The molecule has 2 aromatic rings. The van der Waals surface area contributed by atoms with E-state index in [0.29, 0.717) is 25.3 Å². The number of hydrogen-bond donors (Lipinski definition) is 1. The van der Waals surface area contributed by atoms with Crippen molar-refractivity contribution in [1.82, 2.24) is 10.2 Å². The molecule has 1 N–H and O–H groups in total. The van der Waals surface area contributed by atoms with E-state index < -0.39 is 0 Å². The normalized spacial score (nSPS) is 25.3. The second kappa shape index (κ2) is 9.22. The Morgan fingerprint density at radius 3 is 2.94 bits per heavy atom. The molecule has 0 bridgehead atoms. The second-order valence-electron chi connectivity index (χ2n) is 9.34. The third-order valence-electron chi connectivity index (χ3n) is 6.73. The van der Waals surface area contributed by atoms with Crippen LogP contribution in [0.4, 0.5) is 0 Å². The molecule has 3 heterocycles. The molecule has 2 saturated heterocycles. The van der Waals surface area contributed by atoms with Crippen LogP contribution in [0.3, 0.4) is 0 Å². The van der Waals surface area contributed by atoms with Crippen molar-refractivity contribution in [3.63, 3.8) is 0 Å². The van der Waals surface area contributed by atoms with E-state index in [-0.39, 0.29) is 17.6 Å². The van der Waals surface area contributed by atoms with Crippen molar-refractivity contribution in [2.75, 3.05) is 39.5 Å². The van der Waals surface area contributed by atoms with E-state index in [9.17, 15) is 4.79 Å². The topological polar surface area (TPSA) is 60.0 Å². The summed E-state index contributed by atoms with van der Waals surface area (Å²) in [6.07, 6.45) is 2.90. The van der Waals surface area contributed by atoms with E-state index in [1.807, 2.05) is 31.2 Å². The number of benzene rings is 2. The Morgan fingerprint density at radius 1 is 1.19 bits per heavy atom. The summed E-state index contributed by atoms with van der Waals surface area (Å²) in [4.78, 5) is 14.9. The molecule has 2 atom stereocenters. The number of hydrogen-bond acceptors (Lipinski definition) is 5. The number of nitrogens with zero attached hydrogens (tertiary/aromatic N) is 1. The second-order valence-corrected chi connectivity index (χ2v) is 9.34. The Hall–Kier alpha value is -2.41. The van der Waals surface area contributed by atoms with Crippen molar-refractivity contribution in [1.29, 1.82) is 0 Å². The largest absolute Gasteiger partial charge is 0.493 e. The van der Waals surface area contributed by atoms with Crippen LogP contribution in [0.1, 0.15) is 39.9 Å². The van der Waals surface area contributed by atoms with Gasteiger partial charge in [0.2, 0.25) is 0 Å². The van der Waals surface area contributed by atoms with Crippen molar-refractivity contribution in [3.05, 3.63) is 64.7 Å². The van der Waals surface area contributed by atoms with Crippen molar-refractivity contribution in [2.24, 2.45) is 0 Å². The molecule has 3 aliphatic rings. The standard InChI is InChI=1S/C26H32N2O4/c1-19-2-5-21(6-3-19)25(29)27-15-23-8-10-26(32-23)17-28(11-13-30-18-26)16-20-4-7-24-22(14-20)9-12-31-24/h2-7,14,23H,8-13,15-18H2,1H3,(H,27,29)/t23-,26+/m0/s1. The van der Waals surface area contributed by atoms with E-state index in [4.69, 9.17) is 14.2 Å². The summed E-state index contributed by atoms with van der Waals surface area (Å²) >= 11 is 0. The maximum absolute atomic E-state index is 12.5. The molecule has 2 aromatic carbocycles. The average molecular weight is 437 g/mol. The highest BCUT2D eigenvalue weighted by molar-refractivity contribution is 5.94. The Balaban J connectivity index is 1.17. The maximum atomic E-state index is 12.5. The monoisotopic (exact) mass is 436 g/mol. The fraction of sp³-hybridized carbons (Fsp3) is 0.500. The molecule has 0 aliphatic carbocycles. The molecule has 1 amide bonds. The minimum atomic E-state index is -0.296. The lowest BCUT2D eigenvalue weighted by atomic mass is 9.99. The predicted octanol–water partition coefficient (Wildman–Crippen LogP) is 3.11. The molecule has 0 radical (unpaired) electrons. The van der Waals surface area contributed by atoms with Crippen molar-refractivity contribution in [3.8, 4) is 5.75 Å². The summed E-state index contributed by atoms with van der Waals surface area (Å²) < 4.78 is 18.1. The van der Waals surface area contributed by atoms with E-state index in [0.717, 1.165) is 56.8 Å². The van der Waals surface area contributed by atoms with Crippen LogP contribution in [-0.2, 0) is 22.4 Å². The Bertz CT molecular complexity index is 961. The smallest absolute Gasteiger partial charge is 0.251 e. The molecule has 1 spiro atoms. The molecule has 6 nitrogen and oxygen atoms in total. The first-order valence-electron chi connectivity index (χ1n) is 11.7. The fourth-order valence-corrected chi connectivity index (χ4v) is 4.99. The van der Waals surface area contributed by atoms with Gasteiger partial charge >= 0.3 is 0 Å². The molecule has 32 heavy (non-hydrogen) atoms. The van der Waals surface area contributed by atoms with Crippen molar-refractivity contribution in [2.45, 2.75) is 44.4 Å². The van der Waals surface area contributed by atoms with Crippen molar-refractivity contribution >= 4 is 5.91 Å². The number of amides is 1. The van der Waals surface area contributed by atoms with Gasteiger partial charge in [-0.05, 0) is 49.1 Å². The predicted molar refractivity (Wildman–Crippen MR) is 122 cm³/mol. The van der Waals surface area contributed by atoms with Crippen molar-refractivity contribution < 1.29 is 19.0 Å². The van der Waals surface area contributed by atoms with Gasteiger partial charge in [0.1, 0.15) is 11.4 Å². The summed E-state index contributed by atoms with van der Waals surface area (Å²) in [5, 5.41) is 3.04. The van der Waals surface area contributed by atoms with Gasteiger partial charge in [-0.15, -0.1) is 0 Å². The number of rotatable bonds is 5. The van der Waals surface area contributed by atoms with Gasteiger partial charge in [0.15, 0.2) is 0 Å². The van der Waals surface area contributed by atoms with Gasteiger partial charge in [0, 0.05) is 38.2 Å². The lowest BCUT2D eigenvalue weighted by Gasteiger charge is -2.32. The van der Waals surface area contributed by atoms with Crippen LogP contribution in [-0.4, -0.2) is 62.0 Å². The number of aryl methyl sites for hydroxylation is 1. The molecule has 3 aliphatic heterocycles. The van der Waals surface area contributed by atoms with Crippen LogP contribution in [0.25, 0.3) is 0 Å². The zero-order valence-electron chi connectivity index (χ0n) is 18.8. The quantitative estimate of drug-likeness (QED) is 0.781. The molecular weight excluding hydrogens is 404 g/mol. The van der Waals surface area contributed by atoms with E-state index >= 15 is 0 Å². The van der Waals surface area contributed by atoms with Gasteiger partial charge < -0.3 is 19.5 Å². The van der Waals surface area contributed by atoms with E-state index in [1.165, 1.54) is 11.1 Å². The molecule has 0 aromatic heterocycles. The minimum absolute atomic E-state index is 0.0186. The maximum Gasteiger partial charge on any atom is 0.251 e. The number of ether oxygens (including phenoxy) is 3. The first-order chi connectivity index (χ1) is 15.6. The number of fused-ring (bicyclic) bond motifs is 1. The highest BCUT2D eigenvalue weighted by atomic mass is 16.6. The fourth-order valence-electron chi connectivity index (χ4n) is 4.99. The minimum Gasteiger partial charge on any atom is -0.493 e. The summed E-state index contributed by atoms with van der Waals surface area (Å²) in [5.74, 6) is 0.980. The third kappa shape index (κ3) is 4.82. The third-order valence-corrected chi connectivity index (χ3v) is 6.73. The van der Waals surface area contributed by atoms with E-state index in [2.05, 4.69) is 28.4 Å². The highest BCUT2D eigenvalue weighted by Gasteiger charge is 2.43. The van der Waals surface area contributed by atoms with Gasteiger partial charge in [-0.1, -0.05) is 29.8 Å². The molecule has 6 heteroatoms. The first-order valence-corrected chi connectivity index (χ1v) is 11.7. The van der Waals surface area contributed by atoms with Gasteiger partial charge in [-0.3, -0.25) is 9.69 Å². The van der Waals surface area contributed by atoms with Crippen LogP contribution in [0.15, 0.2) is 42.5 Å². The molecule has 0 unspecified atom stereocenters. The molecular formula is C26H32N2O4. The summed E-state index contributed by atoms with van der Waals surface area (Å²) in [6, 6.07) is 14.2. The number of carbonyl (C=O) groups is 1. The van der Waals surface area contributed by atoms with E-state index in [1.54, 1.807) is 0 Å². The van der Waals surface area contributed by atoms with Crippen LogP contribution in [0.2, 0.25) is 0 Å². The average Bonchev–Trinajstić information content (AvgIpc) is 3.37. The summed E-state index contributed by atoms with van der Waals surface area (Å²) in [6.45, 7) is 7.30. The zero-order chi connectivity index (χ0) is 22.0. The molecule has 170 valence electrons. The first kappa shape index (κ1) is 21.4. The molecule has 0 saturated carbocycles. The Morgan fingerprint density at radius 2 is 2.06 bits per heavy atom. The number of nitrogens with one attached hydrogen (secondary N) is 1. The van der Waals surface area contributed by atoms with Gasteiger partial charge in [0.25, 0.3) is 5.91 Å². The lowest BCUT2D eigenvalue weighted by Crippen LogP contribution is -2.45. The van der Waals surface area contributed by atoms with Crippen LogP contribution in [0, 0.1) is 6.92 Å². The summed E-state index contributed by atoms with van der Waals surface area (Å²) in [7, 11) is 0. The summed E-state index contributed by atoms with van der Waals surface area (Å²) in [5.41, 5.74) is 4.16. The van der Waals surface area contributed by atoms with Gasteiger partial charge in [-0.25, -0.2) is 0 Å². The van der Waals surface area contributed by atoms with Gasteiger partial charge in [-0.2, -0.15) is 0 Å². The lowest BCUT2D eigenvalue weighted by molar-refractivity contribution is -0.0849. The molecule has 5 rings (SSSR count). The van der Waals surface area contributed by atoms with Crippen LogP contribution in [0.5, 0.6) is 5.75 Å². The Kier molecular flexibility index (Phi) is 6.17. The Labute approximate surface area is 189 Å².